The maximum Gasteiger partial charge on any atom is 0.346 e. The fourth-order valence-electron chi connectivity index (χ4n) is 3.61. The van der Waals surface area contributed by atoms with E-state index in [-0.39, 0.29) is 18.4 Å². The average molecular weight is 380 g/mol. The fourth-order valence-corrected chi connectivity index (χ4v) is 3.61. The van der Waals surface area contributed by atoms with Crippen molar-refractivity contribution >= 4 is 23.5 Å². The predicted molar refractivity (Wildman–Crippen MR) is 101 cm³/mol. The Kier molecular flexibility index (Phi) is 4.73. The monoisotopic (exact) mass is 380 g/mol. The van der Waals surface area contributed by atoms with Crippen LogP contribution in [0.15, 0.2) is 48.5 Å². The van der Waals surface area contributed by atoms with Crippen LogP contribution >= 0.6 is 0 Å². The summed E-state index contributed by atoms with van der Waals surface area (Å²) >= 11 is 0. The molecule has 2 aliphatic heterocycles. The lowest BCUT2D eigenvalue weighted by Crippen LogP contribution is -2.47. The van der Waals surface area contributed by atoms with Crippen LogP contribution < -0.4 is 9.64 Å². The number of rotatable bonds is 4. The van der Waals surface area contributed by atoms with Crippen LogP contribution in [0.2, 0.25) is 0 Å². The Bertz CT molecular complexity index is 942. The number of fused-ring (bicyclic) bond motifs is 1. The number of hydrogen-bond donors (Lipinski definition) is 1. The number of carbonyl (C=O) groups is 3. The number of hydrogen-bond acceptors (Lipinski definition) is 4. The summed E-state index contributed by atoms with van der Waals surface area (Å²) in [5.41, 5.74) is 1.87. The van der Waals surface area contributed by atoms with E-state index in [0.717, 1.165) is 18.5 Å². The number of ether oxygens (including phenoxy) is 1. The zero-order chi connectivity index (χ0) is 19.7. The van der Waals surface area contributed by atoms with E-state index in [0.29, 0.717) is 30.0 Å². The van der Waals surface area contributed by atoms with Crippen molar-refractivity contribution in [3.05, 3.63) is 59.7 Å². The molecule has 0 bridgehead atoms. The molecule has 0 aromatic heterocycles. The van der Waals surface area contributed by atoms with Crippen molar-refractivity contribution in [2.24, 2.45) is 0 Å². The lowest BCUT2D eigenvalue weighted by atomic mass is 10.1. The molecule has 28 heavy (non-hydrogen) atoms. The van der Waals surface area contributed by atoms with Gasteiger partial charge in [0.2, 0.25) is 12.0 Å². The lowest BCUT2D eigenvalue weighted by Gasteiger charge is -2.33. The van der Waals surface area contributed by atoms with Crippen LogP contribution in [-0.2, 0) is 16.1 Å². The molecule has 4 rings (SSSR count). The third kappa shape index (κ3) is 3.43. The molecular formula is C21H20N2O5. The van der Waals surface area contributed by atoms with Gasteiger partial charge in [0.15, 0.2) is 0 Å². The van der Waals surface area contributed by atoms with Gasteiger partial charge in [-0.2, -0.15) is 0 Å². The summed E-state index contributed by atoms with van der Waals surface area (Å²) in [4.78, 5) is 39.7. The van der Waals surface area contributed by atoms with E-state index < -0.39 is 12.1 Å². The molecule has 0 spiro atoms. The zero-order valence-electron chi connectivity index (χ0n) is 15.2. The van der Waals surface area contributed by atoms with Crippen molar-refractivity contribution in [2.45, 2.75) is 25.5 Å². The smallest absolute Gasteiger partial charge is 0.346 e. The van der Waals surface area contributed by atoms with Crippen molar-refractivity contribution in [2.75, 3.05) is 18.0 Å². The Morgan fingerprint density at radius 1 is 1.14 bits per heavy atom. The van der Waals surface area contributed by atoms with E-state index in [1.54, 1.807) is 47.4 Å². The zero-order valence-corrected chi connectivity index (χ0v) is 15.2. The Labute approximate surface area is 162 Å². The summed E-state index contributed by atoms with van der Waals surface area (Å²) < 4.78 is 5.50. The minimum Gasteiger partial charge on any atom is -0.478 e. The molecule has 1 saturated heterocycles. The number of likely N-dealkylation sites (tertiary alicyclic amines) is 1. The first-order valence-corrected chi connectivity index (χ1v) is 9.20. The summed E-state index contributed by atoms with van der Waals surface area (Å²) in [6, 6.07) is 14.0. The van der Waals surface area contributed by atoms with Gasteiger partial charge in [0.1, 0.15) is 5.75 Å². The number of aliphatic carboxylic acids is 1. The molecule has 7 nitrogen and oxygen atoms in total. The molecule has 2 heterocycles. The SMILES string of the molecule is O=C(O)[C@@H]1CN(C(=O)c2cccc(CN3CCCC3=O)c2)c2ccccc2O1. The number of para-hydroxylation sites is 2. The largest absolute Gasteiger partial charge is 0.478 e. The Morgan fingerprint density at radius 2 is 1.96 bits per heavy atom. The number of anilines is 1. The van der Waals surface area contributed by atoms with Crippen LogP contribution in [0, 0.1) is 0 Å². The number of benzene rings is 2. The third-order valence-corrected chi connectivity index (χ3v) is 5.01. The van der Waals surface area contributed by atoms with Gasteiger partial charge in [-0.1, -0.05) is 24.3 Å². The highest BCUT2D eigenvalue weighted by atomic mass is 16.5. The van der Waals surface area contributed by atoms with E-state index in [2.05, 4.69) is 0 Å². The first-order valence-electron chi connectivity index (χ1n) is 9.20. The van der Waals surface area contributed by atoms with Gasteiger partial charge in [-0.3, -0.25) is 9.59 Å². The molecule has 0 radical (unpaired) electrons. The quantitative estimate of drug-likeness (QED) is 0.880. The first-order chi connectivity index (χ1) is 13.5. The third-order valence-electron chi connectivity index (χ3n) is 5.01. The second-order valence-corrected chi connectivity index (χ2v) is 6.95. The molecule has 2 aromatic carbocycles. The lowest BCUT2D eigenvalue weighted by molar-refractivity contribution is -0.144. The molecule has 1 fully saturated rings. The van der Waals surface area contributed by atoms with Gasteiger partial charge in [0.25, 0.3) is 5.91 Å². The van der Waals surface area contributed by atoms with Crippen LogP contribution in [0.5, 0.6) is 5.75 Å². The average Bonchev–Trinajstić information content (AvgIpc) is 3.11. The highest BCUT2D eigenvalue weighted by molar-refractivity contribution is 6.07. The summed E-state index contributed by atoms with van der Waals surface area (Å²) in [5.74, 6) is -0.915. The minimum atomic E-state index is -1.12. The highest BCUT2D eigenvalue weighted by Gasteiger charge is 2.34. The van der Waals surface area contributed by atoms with Gasteiger partial charge in [-0.05, 0) is 36.2 Å². The molecule has 0 aliphatic carbocycles. The predicted octanol–water partition coefficient (Wildman–Crippen LogP) is 2.30. The van der Waals surface area contributed by atoms with Gasteiger partial charge < -0.3 is 19.6 Å². The number of amides is 2. The maximum absolute atomic E-state index is 13.2. The van der Waals surface area contributed by atoms with Crippen LogP contribution in [0.3, 0.4) is 0 Å². The Morgan fingerprint density at radius 3 is 2.71 bits per heavy atom. The van der Waals surface area contributed by atoms with Crippen molar-refractivity contribution in [1.29, 1.82) is 0 Å². The van der Waals surface area contributed by atoms with Crippen molar-refractivity contribution in [3.63, 3.8) is 0 Å². The minimum absolute atomic E-state index is 0.0694. The highest BCUT2D eigenvalue weighted by Crippen LogP contribution is 2.34. The molecule has 1 atom stereocenters. The molecule has 144 valence electrons. The standard InChI is InChI=1S/C21H20N2O5/c24-19-9-4-10-22(19)12-14-5-3-6-15(11-14)20(25)23-13-18(21(26)27)28-17-8-2-1-7-16(17)23/h1-3,5-8,11,18H,4,9-10,12-13H2,(H,26,27)/t18-/m0/s1. The summed E-state index contributed by atoms with van der Waals surface area (Å²) in [5, 5.41) is 9.36. The van der Waals surface area contributed by atoms with Gasteiger partial charge in [0.05, 0.1) is 12.2 Å². The van der Waals surface area contributed by atoms with Gasteiger partial charge in [-0.25, -0.2) is 4.79 Å². The summed E-state index contributed by atoms with van der Waals surface area (Å²) in [7, 11) is 0. The van der Waals surface area contributed by atoms with E-state index in [9.17, 15) is 19.5 Å². The number of carboxylic acids is 1. The number of carbonyl (C=O) groups excluding carboxylic acids is 2. The Hall–Kier alpha value is -3.35. The van der Waals surface area contributed by atoms with E-state index in [1.807, 2.05) is 6.07 Å². The molecule has 0 unspecified atom stereocenters. The van der Waals surface area contributed by atoms with E-state index >= 15 is 0 Å². The van der Waals surface area contributed by atoms with Crippen LogP contribution in [0.4, 0.5) is 5.69 Å². The Balaban J connectivity index is 1.61. The second kappa shape index (κ2) is 7.34. The fraction of sp³-hybridized carbons (Fsp3) is 0.286. The molecule has 7 heteroatoms. The molecule has 2 aliphatic rings. The van der Waals surface area contributed by atoms with Crippen LogP contribution in [-0.4, -0.2) is 47.0 Å². The van der Waals surface area contributed by atoms with Crippen molar-refractivity contribution in [1.82, 2.24) is 4.90 Å². The van der Waals surface area contributed by atoms with E-state index in [4.69, 9.17) is 4.74 Å². The maximum atomic E-state index is 13.2. The summed E-state index contributed by atoms with van der Waals surface area (Å²) in [6.07, 6.45) is 0.308. The second-order valence-electron chi connectivity index (χ2n) is 6.95. The number of nitrogens with zero attached hydrogens (tertiary/aromatic N) is 2. The van der Waals surface area contributed by atoms with Crippen LogP contribution in [0.25, 0.3) is 0 Å². The van der Waals surface area contributed by atoms with Crippen molar-refractivity contribution < 1.29 is 24.2 Å². The van der Waals surface area contributed by atoms with Gasteiger partial charge in [0, 0.05) is 25.1 Å². The summed E-state index contributed by atoms with van der Waals surface area (Å²) in [6.45, 7) is 1.13. The van der Waals surface area contributed by atoms with Crippen molar-refractivity contribution in [3.8, 4) is 5.75 Å². The molecule has 2 amide bonds. The molecular weight excluding hydrogens is 360 g/mol. The molecule has 1 N–H and O–H groups in total. The van der Waals surface area contributed by atoms with E-state index in [1.165, 1.54) is 4.90 Å². The first kappa shape index (κ1) is 18.0. The molecule has 0 saturated carbocycles. The van der Waals surface area contributed by atoms with Crippen LogP contribution in [0.1, 0.15) is 28.8 Å². The number of carboxylic acid groups (broad SMARTS) is 1. The normalized spacial score (nSPS) is 18.6. The van der Waals surface area contributed by atoms with Gasteiger partial charge in [-0.15, -0.1) is 0 Å². The van der Waals surface area contributed by atoms with Gasteiger partial charge >= 0.3 is 5.97 Å². The molecule has 2 aromatic rings. The topological polar surface area (TPSA) is 87.2 Å².